The van der Waals surface area contributed by atoms with Gasteiger partial charge in [0, 0.05) is 46.1 Å². The molecule has 1 unspecified atom stereocenters. The molecule has 140 valence electrons. The largest absolute Gasteiger partial charge is 0.356 e. The first kappa shape index (κ1) is 18.2. The number of aromatic nitrogens is 3. The van der Waals surface area contributed by atoms with Crippen LogP contribution in [0.25, 0.3) is 0 Å². The number of likely N-dealkylation sites (tertiary alicyclic amines) is 1. The van der Waals surface area contributed by atoms with Crippen LogP contribution >= 0.6 is 0 Å². The third-order valence-corrected chi connectivity index (χ3v) is 5.42. The fourth-order valence-electron chi connectivity index (χ4n) is 4.23. The van der Waals surface area contributed by atoms with Crippen LogP contribution in [-0.4, -0.2) is 52.3 Å². The zero-order valence-electron chi connectivity index (χ0n) is 16.2. The summed E-state index contributed by atoms with van der Waals surface area (Å²) in [5, 5.41) is 12.4. The van der Waals surface area contributed by atoms with Gasteiger partial charge in [-0.15, -0.1) is 10.2 Å². The van der Waals surface area contributed by atoms with Gasteiger partial charge in [-0.25, -0.2) is 0 Å². The highest BCUT2D eigenvalue weighted by atomic mass is 15.3. The van der Waals surface area contributed by atoms with Gasteiger partial charge in [0.2, 0.25) is 0 Å². The van der Waals surface area contributed by atoms with Crippen molar-refractivity contribution in [1.82, 2.24) is 25.0 Å². The highest BCUT2D eigenvalue weighted by Crippen LogP contribution is 2.23. The molecule has 6 heteroatoms. The van der Waals surface area contributed by atoms with E-state index in [2.05, 4.69) is 43.8 Å². The molecule has 0 saturated carbocycles. The lowest BCUT2D eigenvalue weighted by atomic mass is 9.97. The lowest BCUT2D eigenvalue weighted by Crippen LogP contribution is -2.41. The van der Waals surface area contributed by atoms with Crippen LogP contribution in [0, 0.1) is 11.8 Å². The second-order valence-corrected chi connectivity index (χ2v) is 7.95. The summed E-state index contributed by atoms with van der Waals surface area (Å²) in [6, 6.07) is 0. The first-order chi connectivity index (χ1) is 12.2. The van der Waals surface area contributed by atoms with Crippen molar-refractivity contribution in [3.05, 3.63) is 11.6 Å². The molecule has 0 aromatic carbocycles. The molecular weight excluding hydrogens is 312 g/mol. The van der Waals surface area contributed by atoms with Gasteiger partial charge in [0.05, 0.1) is 0 Å². The fraction of sp³-hybridized carbons (Fsp3) is 0.842. The minimum atomic E-state index is 0.781. The Balaban J connectivity index is 1.49. The fourth-order valence-corrected chi connectivity index (χ4v) is 4.23. The van der Waals surface area contributed by atoms with E-state index in [0.29, 0.717) is 0 Å². The van der Waals surface area contributed by atoms with Gasteiger partial charge in [-0.1, -0.05) is 20.3 Å². The average molecular weight is 347 g/mol. The Labute approximate surface area is 152 Å². The van der Waals surface area contributed by atoms with Gasteiger partial charge in [0.1, 0.15) is 11.6 Å². The van der Waals surface area contributed by atoms with Gasteiger partial charge >= 0.3 is 0 Å². The predicted octanol–water partition coefficient (Wildman–Crippen LogP) is 2.49. The number of fused-ring (bicyclic) bond motifs is 1. The van der Waals surface area contributed by atoms with E-state index in [0.717, 1.165) is 62.6 Å². The van der Waals surface area contributed by atoms with E-state index in [1.54, 1.807) is 0 Å². The quantitative estimate of drug-likeness (QED) is 0.657. The molecule has 1 saturated heterocycles. The summed E-state index contributed by atoms with van der Waals surface area (Å²) in [4.78, 5) is 6.91. The van der Waals surface area contributed by atoms with Crippen molar-refractivity contribution in [3.8, 4) is 0 Å². The van der Waals surface area contributed by atoms with E-state index >= 15 is 0 Å². The van der Waals surface area contributed by atoms with Crippen molar-refractivity contribution in [2.75, 3.05) is 26.7 Å². The lowest BCUT2D eigenvalue weighted by molar-refractivity contribution is 0.403. The van der Waals surface area contributed by atoms with E-state index in [-0.39, 0.29) is 0 Å². The number of hydrogen-bond acceptors (Lipinski definition) is 3. The van der Waals surface area contributed by atoms with Crippen LogP contribution < -0.4 is 5.32 Å². The standard InChI is InChI=1S/C19H34N6/c1-15(2)13-16-9-12-24(14-16)19(20-3)21-10-8-18-23-22-17-7-5-4-6-11-25(17)18/h15-16H,4-14H2,1-3H3,(H,20,21). The SMILES string of the molecule is CN=C(NCCc1nnc2n1CCCCC2)N1CCC(CC(C)C)C1. The molecule has 0 bridgehead atoms. The van der Waals surface area contributed by atoms with Crippen LogP contribution in [0.2, 0.25) is 0 Å². The molecule has 3 rings (SSSR count). The van der Waals surface area contributed by atoms with Crippen molar-refractivity contribution in [3.63, 3.8) is 0 Å². The number of nitrogens with zero attached hydrogens (tertiary/aromatic N) is 5. The van der Waals surface area contributed by atoms with Crippen LogP contribution in [0.1, 0.15) is 57.6 Å². The molecule has 6 nitrogen and oxygen atoms in total. The third kappa shape index (κ3) is 4.73. The zero-order chi connectivity index (χ0) is 17.6. The van der Waals surface area contributed by atoms with E-state index in [9.17, 15) is 0 Å². The maximum absolute atomic E-state index is 4.49. The van der Waals surface area contributed by atoms with Crippen LogP contribution in [0.5, 0.6) is 0 Å². The second kappa shape index (κ2) is 8.68. The molecule has 0 aliphatic carbocycles. The van der Waals surface area contributed by atoms with E-state index in [1.165, 1.54) is 37.9 Å². The lowest BCUT2D eigenvalue weighted by Gasteiger charge is -2.22. The van der Waals surface area contributed by atoms with Crippen molar-refractivity contribution >= 4 is 5.96 Å². The summed E-state index contributed by atoms with van der Waals surface area (Å²) < 4.78 is 2.34. The molecule has 1 aromatic rings. The van der Waals surface area contributed by atoms with Gasteiger partial charge in [-0.3, -0.25) is 4.99 Å². The Hall–Kier alpha value is -1.59. The van der Waals surface area contributed by atoms with Gasteiger partial charge in [-0.2, -0.15) is 0 Å². The Morgan fingerprint density at radius 1 is 1.24 bits per heavy atom. The molecule has 2 aliphatic rings. The topological polar surface area (TPSA) is 58.3 Å². The summed E-state index contributed by atoms with van der Waals surface area (Å²) in [5.41, 5.74) is 0. The molecule has 3 heterocycles. The molecule has 25 heavy (non-hydrogen) atoms. The van der Waals surface area contributed by atoms with Gasteiger partial charge < -0.3 is 14.8 Å². The monoisotopic (exact) mass is 346 g/mol. The van der Waals surface area contributed by atoms with Crippen LogP contribution in [0.15, 0.2) is 4.99 Å². The highest BCUT2D eigenvalue weighted by molar-refractivity contribution is 5.80. The number of aliphatic imine (C=N–C) groups is 1. The highest BCUT2D eigenvalue weighted by Gasteiger charge is 2.25. The Bertz CT molecular complexity index is 576. The number of rotatable bonds is 5. The summed E-state index contributed by atoms with van der Waals surface area (Å²) >= 11 is 0. The minimum absolute atomic E-state index is 0.781. The number of nitrogens with one attached hydrogen (secondary N) is 1. The third-order valence-electron chi connectivity index (χ3n) is 5.42. The van der Waals surface area contributed by atoms with Crippen LogP contribution in [0.3, 0.4) is 0 Å². The Kier molecular flexibility index (Phi) is 6.32. The molecule has 1 fully saturated rings. The van der Waals surface area contributed by atoms with Crippen LogP contribution in [0.4, 0.5) is 0 Å². The van der Waals surface area contributed by atoms with Crippen molar-refractivity contribution < 1.29 is 0 Å². The summed E-state index contributed by atoms with van der Waals surface area (Å²) in [6.07, 6.45) is 8.40. The van der Waals surface area contributed by atoms with E-state index in [4.69, 9.17) is 0 Å². The summed E-state index contributed by atoms with van der Waals surface area (Å²) in [6.45, 7) is 8.84. The van der Waals surface area contributed by atoms with Gasteiger partial charge in [-0.05, 0) is 37.5 Å². The van der Waals surface area contributed by atoms with Gasteiger partial charge in [0.25, 0.3) is 0 Å². The molecule has 0 amide bonds. The van der Waals surface area contributed by atoms with Crippen molar-refractivity contribution in [1.29, 1.82) is 0 Å². The smallest absolute Gasteiger partial charge is 0.193 e. The molecule has 1 atom stereocenters. The average Bonchev–Trinajstić information content (AvgIpc) is 3.11. The molecule has 2 aliphatic heterocycles. The number of guanidine groups is 1. The molecule has 0 radical (unpaired) electrons. The molecule has 1 N–H and O–H groups in total. The Morgan fingerprint density at radius 2 is 2.12 bits per heavy atom. The maximum atomic E-state index is 4.49. The second-order valence-electron chi connectivity index (χ2n) is 7.95. The molecule has 1 aromatic heterocycles. The summed E-state index contributed by atoms with van der Waals surface area (Å²) in [5.74, 6) is 4.93. The van der Waals surface area contributed by atoms with E-state index in [1.807, 2.05) is 7.05 Å². The zero-order valence-corrected chi connectivity index (χ0v) is 16.2. The van der Waals surface area contributed by atoms with E-state index < -0.39 is 0 Å². The molecular formula is C19H34N6. The van der Waals surface area contributed by atoms with Crippen molar-refractivity contribution in [2.24, 2.45) is 16.8 Å². The van der Waals surface area contributed by atoms with Gasteiger partial charge in [0.15, 0.2) is 5.96 Å². The maximum Gasteiger partial charge on any atom is 0.193 e. The number of aryl methyl sites for hydroxylation is 1. The number of hydrogen-bond donors (Lipinski definition) is 1. The summed E-state index contributed by atoms with van der Waals surface area (Å²) in [7, 11) is 1.89. The normalized spacial score (nSPS) is 21.5. The predicted molar refractivity (Wildman–Crippen MR) is 102 cm³/mol. The first-order valence-corrected chi connectivity index (χ1v) is 10.0. The Morgan fingerprint density at radius 3 is 2.92 bits per heavy atom. The van der Waals surface area contributed by atoms with Crippen molar-refractivity contribution in [2.45, 2.75) is 65.3 Å². The van der Waals surface area contributed by atoms with Crippen LogP contribution in [-0.2, 0) is 19.4 Å². The minimum Gasteiger partial charge on any atom is -0.356 e. The molecule has 0 spiro atoms. The first-order valence-electron chi connectivity index (χ1n) is 10.0.